The molecule has 0 spiro atoms. The van der Waals surface area contributed by atoms with Crippen LogP contribution < -0.4 is 16.0 Å². The largest absolute Gasteiger partial charge is 0.485 e. The number of aryl methyl sites for hydroxylation is 1. The molecular weight excluding hydrogens is 242 g/mol. The van der Waals surface area contributed by atoms with Crippen LogP contribution in [0.2, 0.25) is 0 Å². The number of rotatable bonds is 4. The summed E-state index contributed by atoms with van der Waals surface area (Å²) >= 11 is 0. The highest BCUT2D eigenvalue weighted by Gasteiger charge is 2.04. The van der Waals surface area contributed by atoms with Gasteiger partial charge in [0.2, 0.25) is 0 Å². The summed E-state index contributed by atoms with van der Waals surface area (Å²) in [5, 5.41) is 0. The van der Waals surface area contributed by atoms with E-state index >= 15 is 0 Å². The minimum Gasteiger partial charge on any atom is -0.485 e. The Hall–Kier alpha value is -2.14. The standard InChI is InChI=1S/C14H17N3O2/c1-9-4-3-5-12(10(9)2)19-8-13-16-11(7-15)6-14(18)17-13/h3-6H,7-8,15H2,1-2H3,(H,16,17,18). The number of nitrogens with zero attached hydrogens (tertiary/aromatic N) is 1. The number of hydrogen-bond donors (Lipinski definition) is 2. The van der Waals surface area contributed by atoms with Crippen LogP contribution in [0.1, 0.15) is 22.6 Å². The lowest BCUT2D eigenvalue weighted by molar-refractivity contribution is 0.292. The molecule has 100 valence electrons. The Kier molecular flexibility index (Phi) is 3.97. The maximum atomic E-state index is 11.4. The third-order valence-electron chi connectivity index (χ3n) is 2.97. The topological polar surface area (TPSA) is 81.0 Å². The number of H-pyrrole nitrogens is 1. The highest BCUT2D eigenvalue weighted by atomic mass is 16.5. The van der Waals surface area contributed by atoms with Gasteiger partial charge in [-0.2, -0.15) is 0 Å². The molecule has 0 fully saturated rings. The molecule has 3 N–H and O–H groups in total. The quantitative estimate of drug-likeness (QED) is 0.870. The minimum absolute atomic E-state index is 0.213. The van der Waals surface area contributed by atoms with Crippen LogP contribution in [0.15, 0.2) is 29.1 Å². The summed E-state index contributed by atoms with van der Waals surface area (Å²) in [4.78, 5) is 18.2. The predicted molar refractivity (Wildman–Crippen MR) is 73.0 cm³/mol. The van der Waals surface area contributed by atoms with Gasteiger partial charge in [-0.05, 0) is 31.0 Å². The molecule has 19 heavy (non-hydrogen) atoms. The van der Waals surface area contributed by atoms with Gasteiger partial charge in [0.15, 0.2) is 0 Å². The fourth-order valence-corrected chi connectivity index (χ4v) is 1.76. The van der Waals surface area contributed by atoms with Gasteiger partial charge in [0.1, 0.15) is 18.2 Å². The number of benzene rings is 1. The molecule has 0 bridgehead atoms. The Morgan fingerprint density at radius 3 is 2.89 bits per heavy atom. The van der Waals surface area contributed by atoms with Crippen molar-refractivity contribution in [2.75, 3.05) is 0 Å². The Labute approximate surface area is 111 Å². The van der Waals surface area contributed by atoms with Gasteiger partial charge in [0, 0.05) is 12.6 Å². The molecule has 0 aliphatic carbocycles. The van der Waals surface area contributed by atoms with Crippen LogP contribution in [-0.2, 0) is 13.2 Å². The fraction of sp³-hybridized carbons (Fsp3) is 0.286. The molecule has 0 saturated carbocycles. The lowest BCUT2D eigenvalue weighted by Crippen LogP contribution is -2.16. The van der Waals surface area contributed by atoms with Crippen LogP contribution in [0.5, 0.6) is 5.75 Å². The summed E-state index contributed by atoms with van der Waals surface area (Å²) in [5.74, 6) is 1.27. The smallest absolute Gasteiger partial charge is 0.251 e. The maximum Gasteiger partial charge on any atom is 0.251 e. The summed E-state index contributed by atoms with van der Waals surface area (Å²) in [7, 11) is 0. The summed E-state index contributed by atoms with van der Waals surface area (Å²) in [6.45, 7) is 4.47. The average molecular weight is 259 g/mol. The molecule has 1 aromatic heterocycles. The number of hydrogen-bond acceptors (Lipinski definition) is 4. The summed E-state index contributed by atoms with van der Waals surface area (Å²) in [6.07, 6.45) is 0. The van der Waals surface area contributed by atoms with Crippen LogP contribution in [0, 0.1) is 13.8 Å². The Morgan fingerprint density at radius 1 is 1.37 bits per heavy atom. The highest BCUT2D eigenvalue weighted by molar-refractivity contribution is 5.38. The zero-order valence-corrected chi connectivity index (χ0v) is 11.1. The van der Waals surface area contributed by atoms with Gasteiger partial charge in [-0.15, -0.1) is 0 Å². The second kappa shape index (κ2) is 5.67. The third-order valence-corrected chi connectivity index (χ3v) is 2.97. The fourth-order valence-electron chi connectivity index (χ4n) is 1.76. The molecule has 0 unspecified atom stereocenters. The van der Waals surface area contributed by atoms with E-state index in [1.54, 1.807) is 0 Å². The van der Waals surface area contributed by atoms with Gasteiger partial charge in [0.25, 0.3) is 5.56 Å². The first kappa shape index (κ1) is 13.3. The van der Waals surface area contributed by atoms with Gasteiger partial charge >= 0.3 is 0 Å². The zero-order valence-electron chi connectivity index (χ0n) is 11.1. The van der Waals surface area contributed by atoms with Crippen molar-refractivity contribution in [2.45, 2.75) is 27.0 Å². The van der Waals surface area contributed by atoms with E-state index in [4.69, 9.17) is 10.5 Å². The van der Waals surface area contributed by atoms with Crippen LogP contribution in [-0.4, -0.2) is 9.97 Å². The van der Waals surface area contributed by atoms with Crippen molar-refractivity contribution < 1.29 is 4.74 Å². The molecule has 0 amide bonds. The SMILES string of the molecule is Cc1cccc(OCc2nc(CN)cc(=O)[nH]2)c1C. The third kappa shape index (κ3) is 3.20. The minimum atomic E-state index is -0.213. The zero-order chi connectivity index (χ0) is 13.8. The van der Waals surface area contributed by atoms with Crippen LogP contribution in [0.25, 0.3) is 0 Å². The Balaban J connectivity index is 2.16. The van der Waals surface area contributed by atoms with Gasteiger partial charge < -0.3 is 15.5 Å². The van der Waals surface area contributed by atoms with Gasteiger partial charge in [0.05, 0.1) is 5.69 Å². The lowest BCUT2D eigenvalue weighted by Gasteiger charge is -2.10. The molecule has 1 aromatic carbocycles. The first-order valence-corrected chi connectivity index (χ1v) is 6.08. The van der Waals surface area contributed by atoms with Crippen molar-refractivity contribution in [1.29, 1.82) is 0 Å². The van der Waals surface area contributed by atoms with Crippen molar-refractivity contribution in [1.82, 2.24) is 9.97 Å². The molecule has 0 aliphatic heterocycles. The predicted octanol–water partition coefficient (Wildman–Crippen LogP) is 1.42. The van der Waals surface area contributed by atoms with E-state index in [9.17, 15) is 4.79 Å². The van der Waals surface area contributed by atoms with Crippen molar-refractivity contribution in [3.05, 3.63) is 57.3 Å². The molecule has 2 rings (SSSR count). The van der Waals surface area contributed by atoms with E-state index in [0.29, 0.717) is 11.5 Å². The Bertz CT molecular complexity index is 635. The maximum absolute atomic E-state index is 11.4. The molecule has 0 radical (unpaired) electrons. The van der Waals surface area contributed by atoms with E-state index in [1.165, 1.54) is 6.07 Å². The molecular formula is C14H17N3O2. The molecule has 0 atom stereocenters. The summed E-state index contributed by atoms with van der Waals surface area (Å²) in [5.41, 5.74) is 8.07. The van der Waals surface area contributed by atoms with Crippen molar-refractivity contribution in [2.24, 2.45) is 5.73 Å². The second-order valence-corrected chi connectivity index (χ2v) is 4.37. The first-order valence-electron chi connectivity index (χ1n) is 6.08. The number of nitrogens with one attached hydrogen (secondary N) is 1. The van der Waals surface area contributed by atoms with Crippen LogP contribution in [0.3, 0.4) is 0 Å². The van der Waals surface area contributed by atoms with Gasteiger partial charge in [-0.3, -0.25) is 4.79 Å². The second-order valence-electron chi connectivity index (χ2n) is 4.37. The highest BCUT2D eigenvalue weighted by Crippen LogP contribution is 2.21. The summed E-state index contributed by atoms with van der Waals surface area (Å²) < 4.78 is 5.68. The van der Waals surface area contributed by atoms with E-state index in [2.05, 4.69) is 9.97 Å². The molecule has 2 aromatic rings. The monoisotopic (exact) mass is 259 g/mol. The van der Waals surface area contributed by atoms with E-state index in [-0.39, 0.29) is 18.7 Å². The first-order chi connectivity index (χ1) is 9.10. The molecule has 5 heteroatoms. The van der Waals surface area contributed by atoms with Crippen LogP contribution in [0.4, 0.5) is 0 Å². The average Bonchev–Trinajstić information content (AvgIpc) is 2.40. The van der Waals surface area contributed by atoms with Gasteiger partial charge in [-0.1, -0.05) is 12.1 Å². The normalized spacial score (nSPS) is 10.5. The van der Waals surface area contributed by atoms with E-state index in [1.807, 2.05) is 32.0 Å². The number of nitrogens with two attached hydrogens (primary N) is 1. The van der Waals surface area contributed by atoms with E-state index < -0.39 is 0 Å². The van der Waals surface area contributed by atoms with Crippen molar-refractivity contribution in [3.8, 4) is 5.75 Å². The van der Waals surface area contributed by atoms with Crippen molar-refractivity contribution in [3.63, 3.8) is 0 Å². The Morgan fingerprint density at radius 2 is 2.16 bits per heavy atom. The number of ether oxygens (including phenoxy) is 1. The van der Waals surface area contributed by atoms with Gasteiger partial charge in [-0.25, -0.2) is 4.98 Å². The summed E-state index contributed by atoms with van der Waals surface area (Å²) in [6, 6.07) is 7.25. The molecule has 0 saturated heterocycles. The molecule has 1 heterocycles. The van der Waals surface area contributed by atoms with Crippen molar-refractivity contribution >= 4 is 0 Å². The van der Waals surface area contributed by atoms with Crippen LogP contribution >= 0.6 is 0 Å². The van der Waals surface area contributed by atoms with E-state index in [0.717, 1.165) is 16.9 Å². The number of aromatic nitrogens is 2. The molecule has 0 aliphatic rings. The lowest BCUT2D eigenvalue weighted by atomic mass is 10.1. The number of aromatic amines is 1. The molecule has 5 nitrogen and oxygen atoms in total.